The van der Waals surface area contributed by atoms with E-state index in [0.29, 0.717) is 24.3 Å². The maximum Gasteiger partial charge on any atom is 0.224 e. The Morgan fingerprint density at radius 2 is 1.86 bits per heavy atom. The molecule has 5 heteroatoms. The monoisotopic (exact) mass is 363 g/mol. The molecule has 0 aliphatic carbocycles. The summed E-state index contributed by atoms with van der Waals surface area (Å²) in [6.07, 6.45) is 1.04. The van der Waals surface area contributed by atoms with Gasteiger partial charge in [0.1, 0.15) is 0 Å². The molecule has 0 saturated carbocycles. The summed E-state index contributed by atoms with van der Waals surface area (Å²) in [6.45, 7) is 0. The highest BCUT2D eigenvalue weighted by Crippen LogP contribution is 2.28. The molecule has 0 fully saturated rings. The number of hydrogen-bond acceptors (Lipinski definition) is 3. The minimum absolute atomic E-state index is 0.0205. The fourth-order valence-corrected chi connectivity index (χ4v) is 2.48. The zero-order valence-corrected chi connectivity index (χ0v) is 14.1. The van der Waals surface area contributed by atoms with Crippen LogP contribution in [0, 0.1) is 0 Å². The van der Waals surface area contributed by atoms with Gasteiger partial charge in [-0.2, -0.15) is 0 Å². The number of amides is 1. The van der Waals surface area contributed by atoms with Crippen molar-refractivity contribution in [2.24, 2.45) is 0 Å². The van der Waals surface area contributed by atoms with Crippen LogP contribution in [0.1, 0.15) is 12.0 Å². The molecule has 0 aliphatic rings. The predicted octanol–water partition coefficient (Wildman–Crippen LogP) is 4.04. The lowest BCUT2D eigenvalue weighted by Crippen LogP contribution is -2.12. The number of methoxy groups -OCH3 is 2. The molecule has 0 saturated heterocycles. The molecule has 2 aromatic rings. The summed E-state index contributed by atoms with van der Waals surface area (Å²) in [5.74, 6) is 1.34. The zero-order valence-electron chi connectivity index (χ0n) is 12.6. The maximum absolute atomic E-state index is 12.0. The van der Waals surface area contributed by atoms with Gasteiger partial charge in [-0.3, -0.25) is 4.79 Å². The van der Waals surface area contributed by atoms with E-state index in [4.69, 9.17) is 9.47 Å². The number of rotatable bonds is 6. The second-order valence-corrected chi connectivity index (χ2v) is 5.66. The van der Waals surface area contributed by atoms with Crippen molar-refractivity contribution >= 4 is 27.5 Å². The summed E-state index contributed by atoms with van der Waals surface area (Å²) in [5.41, 5.74) is 1.81. The number of hydrogen-bond donors (Lipinski definition) is 1. The third-order valence-corrected chi connectivity index (χ3v) is 3.69. The van der Waals surface area contributed by atoms with Gasteiger partial charge in [0.05, 0.1) is 14.2 Å². The van der Waals surface area contributed by atoms with Crippen LogP contribution < -0.4 is 14.8 Å². The van der Waals surface area contributed by atoms with E-state index < -0.39 is 0 Å². The van der Waals surface area contributed by atoms with Gasteiger partial charge in [0, 0.05) is 16.6 Å². The van der Waals surface area contributed by atoms with Crippen LogP contribution in [0.5, 0.6) is 11.5 Å². The van der Waals surface area contributed by atoms with Crippen LogP contribution in [0.4, 0.5) is 5.69 Å². The SMILES string of the molecule is COc1ccc(CCC(=O)Nc2cccc(Br)c2)cc1OC. The quantitative estimate of drug-likeness (QED) is 0.842. The molecule has 1 N–H and O–H groups in total. The molecule has 116 valence electrons. The van der Waals surface area contributed by atoms with E-state index in [-0.39, 0.29) is 5.91 Å². The van der Waals surface area contributed by atoms with E-state index in [1.165, 1.54) is 0 Å². The smallest absolute Gasteiger partial charge is 0.224 e. The number of halogens is 1. The Kier molecular flexibility index (Phi) is 5.83. The molecule has 1 amide bonds. The van der Waals surface area contributed by atoms with Crippen LogP contribution in [0.3, 0.4) is 0 Å². The normalized spacial score (nSPS) is 10.1. The van der Waals surface area contributed by atoms with Gasteiger partial charge in [-0.1, -0.05) is 28.1 Å². The van der Waals surface area contributed by atoms with E-state index in [0.717, 1.165) is 15.7 Å². The van der Waals surface area contributed by atoms with Crippen molar-refractivity contribution in [1.29, 1.82) is 0 Å². The topological polar surface area (TPSA) is 47.6 Å². The molecule has 2 aromatic carbocycles. The number of nitrogens with one attached hydrogen (secondary N) is 1. The highest BCUT2D eigenvalue weighted by atomic mass is 79.9. The Balaban J connectivity index is 1.93. The molecule has 2 rings (SSSR count). The highest BCUT2D eigenvalue weighted by Gasteiger charge is 2.07. The van der Waals surface area contributed by atoms with Crippen LogP contribution in [0.25, 0.3) is 0 Å². The summed E-state index contributed by atoms with van der Waals surface area (Å²) in [7, 11) is 3.20. The zero-order chi connectivity index (χ0) is 15.9. The first-order valence-electron chi connectivity index (χ1n) is 6.88. The summed E-state index contributed by atoms with van der Waals surface area (Å²) in [4.78, 5) is 12.0. The average molecular weight is 364 g/mol. The number of benzene rings is 2. The molecule has 0 bridgehead atoms. The molecule has 0 aromatic heterocycles. The number of anilines is 1. The standard InChI is InChI=1S/C17H18BrNO3/c1-21-15-8-6-12(10-16(15)22-2)7-9-17(20)19-14-5-3-4-13(18)11-14/h3-6,8,10-11H,7,9H2,1-2H3,(H,19,20). The van der Waals surface area contributed by atoms with Crippen molar-refractivity contribution in [3.05, 3.63) is 52.5 Å². The molecule has 22 heavy (non-hydrogen) atoms. The first kappa shape index (κ1) is 16.4. The summed E-state index contributed by atoms with van der Waals surface area (Å²) in [5, 5.41) is 2.88. The Bertz CT molecular complexity index is 658. The van der Waals surface area contributed by atoms with E-state index in [9.17, 15) is 4.79 Å². The largest absolute Gasteiger partial charge is 0.493 e. The van der Waals surface area contributed by atoms with E-state index in [1.54, 1.807) is 14.2 Å². The first-order valence-corrected chi connectivity index (χ1v) is 7.68. The Hall–Kier alpha value is -2.01. The lowest BCUT2D eigenvalue weighted by atomic mass is 10.1. The van der Waals surface area contributed by atoms with Gasteiger partial charge in [-0.15, -0.1) is 0 Å². The molecule has 0 atom stereocenters. The van der Waals surface area contributed by atoms with Gasteiger partial charge in [0.2, 0.25) is 5.91 Å². The van der Waals surface area contributed by atoms with Crippen molar-refractivity contribution < 1.29 is 14.3 Å². The first-order chi connectivity index (χ1) is 10.6. The fraction of sp³-hybridized carbons (Fsp3) is 0.235. The van der Waals surface area contributed by atoms with Crippen molar-refractivity contribution in [1.82, 2.24) is 0 Å². The summed E-state index contributed by atoms with van der Waals surface area (Å²) < 4.78 is 11.4. The van der Waals surface area contributed by atoms with Crippen LogP contribution >= 0.6 is 15.9 Å². The lowest BCUT2D eigenvalue weighted by Gasteiger charge is -2.10. The predicted molar refractivity (Wildman–Crippen MR) is 90.6 cm³/mol. The highest BCUT2D eigenvalue weighted by molar-refractivity contribution is 9.10. The van der Waals surface area contributed by atoms with Crippen molar-refractivity contribution in [2.45, 2.75) is 12.8 Å². The Morgan fingerprint density at radius 3 is 2.55 bits per heavy atom. The third kappa shape index (κ3) is 4.49. The Labute approximate surface area is 138 Å². The van der Waals surface area contributed by atoms with E-state index >= 15 is 0 Å². The molecule has 0 radical (unpaired) electrons. The molecular weight excluding hydrogens is 346 g/mol. The molecule has 4 nitrogen and oxygen atoms in total. The lowest BCUT2D eigenvalue weighted by molar-refractivity contribution is -0.116. The number of aryl methyl sites for hydroxylation is 1. The molecule has 0 aliphatic heterocycles. The average Bonchev–Trinajstić information content (AvgIpc) is 2.52. The number of ether oxygens (including phenoxy) is 2. The number of carbonyl (C=O) groups excluding carboxylic acids is 1. The van der Waals surface area contributed by atoms with Crippen molar-refractivity contribution in [2.75, 3.05) is 19.5 Å². The maximum atomic E-state index is 12.0. The second-order valence-electron chi connectivity index (χ2n) is 4.75. The molecule has 0 unspecified atom stereocenters. The molecule has 0 spiro atoms. The molecule has 0 heterocycles. The Morgan fingerprint density at radius 1 is 1.09 bits per heavy atom. The van der Waals surface area contributed by atoms with Crippen LogP contribution in [-0.4, -0.2) is 20.1 Å². The fourth-order valence-electron chi connectivity index (χ4n) is 2.08. The van der Waals surface area contributed by atoms with Gasteiger partial charge in [-0.25, -0.2) is 0 Å². The van der Waals surface area contributed by atoms with Crippen molar-refractivity contribution in [3.8, 4) is 11.5 Å². The summed E-state index contributed by atoms with van der Waals surface area (Å²) in [6, 6.07) is 13.2. The minimum Gasteiger partial charge on any atom is -0.493 e. The van der Waals surface area contributed by atoms with E-state index in [2.05, 4.69) is 21.2 Å². The van der Waals surface area contributed by atoms with Crippen LogP contribution in [0.15, 0.2) is 46.9 Å². The van der Waals surface area contributed by atoms with E-state index in [1.807, 2.05) is 42.5 Å². The van der Waals surface area contributed by atoms with Gasteiger partial charge < -0.3 is 14.8 Å². The van der Waals surface area contributed by atoms with Crippen molar-refractivity contribution in [3.63, 3.8) is 0 Å². The van der Waals surface area contributed by atoms with Gasteiger partial charge in [0.15, 0.2) is 11.5 Å². The van der Waals surface area contributed by atoms with Crippen LogP contribution in [-0.2, 0) is 11.2 Å². The van der Waals surface area contributed by atoms with Gasteiger partial charge in [-0.05, 0) is 42.3 Å². The number of carbonyl (C=O) groups is 1. The van der Waals surface area contributed by atoms with Gasteiger partial charge >= 0.3 is 0 Å². The minimum atomic E-state index is -0.0205. The summed E-state index contributed by atoms with van der Waals surface area (Å²) >= 11 is 3.38. The van der Waals surface area contributed by atoms with Gasteiger partial charge in [0.25, 0.3) is 0 Å². The molecular formula is C17H18BrNO3. The second kappa shape index (κ2) is 7.84. The van der Waals surface area contributed by atoms with Crippen LogP contribution in [0.2, 0.25) is 0 Å². The third-order valence-electron chi connectivity index (χ3n) is 3.20.